The van der Waals surface area contributed by atoms with Gasteiger partial charge >= 0.3 is 5.97 Å². The molecular formula is C17H23Cl2NO4. The molecule has 1 aliphatic rings. The van der Waals surface area contributed by atoms with E-state index >= 15 is 0 Å². The van der Waals surface area contributed by atoms with E-state index in [-0.39, 0.29) is 24.2 Å². The van der Waals surface area contributed by atoms with Gasteiger partial charge in [0.15, 0.2) is 0 Å². The second kappa shape index (κ2) is 10.4. The average molecular weight is 376 g/mol. The Morgan fingerprint density at radius 1 is 1.17 bits per heavy atom. The van der Waals surface area contributed by atoms with Crippen LogP contribution in [0.25, 0.3) is 0 Å². The first-order valence-corrected chi connectivity index (χ1v) is 8.49. The van der Waals surface area contributed by atoms with Gasteiger partial charge in [0.2, 0.25) is 5.91 Å². The van der Waals surface area contributed by atoms with Gasteiger partial charge in [0.05, 0.1) is 30.2 Å². The van der Waals surface area contributed by atoms with Crippen molar-refractivity contribution in [1.82, 2.24) is 4.90 Å². The quantitative estimate of drug-likeness (QED) is 0.750. The number of ether oxygens (including phenoxy) is 2. The summed E-state index contributed by atoms with van der Waals surface area (Å²) in [6, 6.07) is 5.13. The van der Waals surface area contributed by atoms with Crippen molar-refractivity contribution in [2.75, 3.05) is 27.3 Å². The topological polar surface area (TPSA) is 55.8 Å². The average Bonchev–Trinajstić information content (AvgIpc) is 3.11. The highest BCUT2D eigenvalue weighted by molar-refractivity contribution is 6.42. The van der Waals surface area contributed by atoms with E-state index in [0.29, 0.717) is 10.0 Å². The van der Waals surface area contributed by atoms with Crippen LogP contribution in [0.15, 0.2) is 18.2 Å². The second-order valence-electron chi connectivity index (χ2n) is 5.50. The molecule has 1 fully saturated rings. The van der Waals surface area contributed by atoms with E-state index in [1.54, 1.807) is 32.2 Å². The van der Waals surface area contributed by atoms with E-state index in [1.165, 1.54) is 7.11 Å². The van der Waals surface area contributed by atoms with Crippen molar-refractivity contribution >= 4 is 35.1 Å². The highest BCUT2D eigenvalue weighted by atomic mass is 35.5. The van der Waals surface area contributed by atoms with Crippen molar-refractivity contribution in [3.8, 4) is 5.75 Å². The van der Waals surface area contributed by atoms with E-state index in [0.717, 1.165) is 31.7 Å². The molecule has 2 rings (SSSR count). The Morgan fingerprint density at radius 3 is 2.29 bits per heavy atom. The predicted molar refractivity (Wildman–Crippen MR) is 94.6 cm³/mol. The van der Waals surface area contributed by atoms with Crippen LogP contribution in [0.4, 0.5) is 0 Å². The minimum atomic E-state index is -0.326. The maximum atomic E-state index is 11.6. The smallest absolute Gasteiger partial charge is 0.308 e. The van der Waals surface area contributed by atoms with Gasteiger partial charge in [-0.15, -0.1) is 0 Å². The monoisotopic (exact) mass is 375 g/mol. The summed E-state index contributed by atoms with van der Waals surface area (Å²) in [5.74, 6) is 0.153. The molecule has 0 aliphatic carbocycles. The van der Waals surface area contributed by atoms with Gasteiger partial charge in [-0.2, -0.15) is 0 Å². The van der Waals surface area contributed by atoms with Gasteiger partial charge in [-0.3, -0.25) is 9.59 Å². The molecule has 1 aliphatic heterocycles. The van der Waals surface area contributed by atoms with E-state index in [2.05, 4.69) is 4.74 Å². The number of esters is 1. The highest BCUT2D eigenvalue weighted by Gasteiger charge is 2.23. The molecule has 0 bridgehead atoms. The Bertz CT molecular complexity index is 560. The summed E-state index contributed by atoms with van der Waals surface area (Å²) in [4.78, 5) is 24.5. The molecule has 0 aromatic heterocycles. The lowest BCUT2D eigenvalue weighted by Gasteiger charge is -2.17. The lowest BCUT2D eigenvalue weighted by atomic mass is 10.1. The first kappa shape index (κ1) is 20.6. The summed E-state index contributed by atoms with van der Waals surface area (Å²) >= 11 is 11.3. The van der Waals surface area contributed by atoms with E-state index < -0.39 is 0 Å². The van der Waals surface area contributed by atoms with Crippen molar-refractivity contribution in [2.24, 2.45) is 5.92 Å². The Morgan fingerprint density at radius 2 is 1.79 bits per heavy atom. The lowest BCUT2D eigenvalue weighted by molar-refractivity contribution is -0.148. The van der Waals surface area contributed by atoms with Gasteiger partial charge in [0.1, 0.15) is 5.75 Å². The SMILES string of the molecule is COC(=O)C(C)CC(=O)N1CCCC1.COc1ccc(Cl)c(Cl)c1. The zero-order chi connectivity index (χ0) is 18.1. The number of methoxy groups -OCH3 is 2. The summed E-state index contributed by atoms with van der Waals surface area (Å²) in [6.07, 6.45) is 2.43. The molecule has 7 heteroatoms. The Kier molecular flexibility index (Phi) is 8.93. The van der Waals surface area contributed by atoms with Gasteiger partial charge < -0.3 is 14.4 Å². The standard InChI is InChI=1S/C10H17NO3.C7H6Cl2O/c1-8(10(13)14-2)7-9(12)11-5-3-4-6-11;1-10-5-2-3-6(8)7(9)4-5/h8H,3-7H2,1-2H3;2-4H,1H3. The van der Waals surface area contributed by atoms with Crippen LogP contribution >= 0.6 is 23.2 Å². The first-order chi connectivity index (χ1) is 11.4. The summed E-state index contributed by atoms with van der Waals surface area (Å²) in [5.41, 5.74) is 0. The van der Waals surface area contributed by atoms with Crippen LogP contribution in [-0.2, 0) is 14.3 Å². The number of halogens is 2. The molecular weight excluding hydrogens is 353 g/mol. The van der Waals surface area contributed by atoms with Gasteiger partial charge in [0.25, 0.3) is 0 Å². The number of amides is 1. The van der Waals surface area contributed by atoms with Crippen LogP contribution in [0.3, 0.4) is 0 Å². The van der Waals surface area contributed by atoms with Gasteiger partial charge in [0, 0.05) is 25.6 Å². The van der Waals surface area contributed by atoms with Crippen LogP contribution in [0.5, 0.6) is 5.75 Å². The molecule has 1 saturated heterocycles. The normalized spacial score (nSPS) is 14.5. The molecule has 0 radical (unpaired) electrons. The molecule has 1 atom stereocenters. The fourth-order valence-electron chi connectivity index (χ4n) is 2.25. The summed E-state index contributed by atoms with van der Waals surface area (Å²) in [5, 5.41) is 1.06. The zero-order valence-electron chi connectivity index (χ0n) is 14.2. The number of rotatable bonds is 4. The predicted octanol–water partition coefficient (Wildman–Crippen LogP) is 3.81. The summed E-state index contributed by atoms with van der Waals surface area (Å²) in [7, 11) is 2.93. The molecule has 24 heavy (non-hydrogen) atoms. The van der Waals surface area contributed by atoms with Crippen LogP contribution in [-0.4, -0.2) is 44.1 Å². The number of nitrogens with zero attached hydrogens (tertiary/aromatic N) is 1. The van der Waals surface area contributed by atoms with Crippen molar-refractivity contribution in [3.63, 3.8) is 0 Å². The van der Waals surface area contributed by atoms with Crippen molar-refractivity contribution in [1.29, 1.82) is 0 Å². The number of hydrogen-bond donors (Lipinski definition) is 0. The lowest BCUT2D eigenvalue weighted by Crippen LogP contribution is -2.30. The maximum Gasteiger partial charge on any atom is 0.308 e. The van der Waals surface area contributed by atoms with Gasteiger partial charge in [-0.05, 0) is 25.0 Å². The highest BCUT2D eigenvalue weighted by Crippen LogP contribution is 2.25. The fraction of sp³-hybridized carbons (Fsp3) is 0.529. The molecule has 1 unspecified atom stereocenters. The molecule has 1 amide bonds. The Balaban J connectivity index is 0.000000254. The largest absolute Gasteiger partial charge is 0.497 e. The Hall–Kier alpha value is -1.46. The second-order valence-corrected chi connectivity index (χ2v) is 6.31. The fourth-order valence-corrected chi connectivity index (χ4v) is 2.53. The number of likely N-dealkylation sites (tertiary alicyclic amines) is 1. The van der Waals surface area contributed by atoms with Crippen LogP contribution in [0, 0.1) is 5.92 Å². The van der Waals surface area contributed by atoms with Crippen LogP contribution in [0.1, 0.15) is 26.2 Å². The van der Waals surface area contributed by atoms with Crippen LogP contribution in [0.2, 0.25) is 10.0 Å². The number of carbonyl (C=O) groups is 2. The number of carbonyl (C=O) groups excluding carboxylic acids is 2. The zero-order valence-corrected chi connectivity index (χ0v) is 15.7. The molecule has 1 aromatic rings. The maximum absolute atomic E-state index is 11.6. The molecule has 0 saturated carbocycles. The minimum absolute atomic E-state index is 0.0698. The van der Waals surface area contributed by atoms with Crippen molar-refractivity contribution in [3.05, 3.63) is 28.2 Å². The third-order valence-electron chi connectivity index (χ3n) is 3.67. The first-order valence-electron chi connectivity index (χ1n) is 7.73. The van der Waals surface area contributed by atoms with E-state index in [4.69, 9.17) is 27.9 Å². The number of benzene rings is 1. The molecule has 134 valence electrons. The van der Waals surface area contributed by atoms with Crippen molar-refractivity contribution < 1.29 is 19.1 Å². The number of hydrogen-bond acceptors (Lipinski definition) is 4. The van der Waals surface area contributed by atoms with E-state index in [9.17, 15) is 9.59 Å². The van der Waals surface area contributed by atoms with Gasteiger partial charge in [-0.1, -0.05) is 30.1 Å². The third-order valence-corrected chi connectivity index (χ3v) is 4.41. The molecule has 1 aromatic carbocycles. The molecule has 0 spiro atoms. The van der Waals surface area contributed by atoms with Crippen LogP contribution < -0.4 is 4.74 Å². The Labute approximate surface area is 152 Å². The minimum Gasteiger partial charge on any atom is -0.497 e. The molecule has 1 heterocycles. The summed E-state index contributed by atoms with van der Waals surface area (Å²) in [6.45, 7) is 3.40. The van der Waals surface area contributed by atoms with Gasteiger partial charge in [-0.25, -0.2) is 0 Å². The van der Waals surface area contributed by atoms with E-state index in [1.807, 2.05) is 4.90 Å². The molecule has 5 nitrogen and oxygen atoms in total. The molecule has 0 N–H and O–H groups in total. The van der Waals surface area contributed by atoms with Crippen molar-refractivity contribution in [2.45, 2.75) is 26.2 Å². The summed E-state index contributed by atoms with van der Waals surface area (Å²) < 4.78 is 9.47. The third kappa shape index (κ3) is 6.57.